The highest BCUT2D eigenvalue weighted by Gasteiger charge is 2.12. The molecule has 1 unspecified atom stereocenters. The molecule has 0 saturated carbocycles. The Morgan fingerprint density at radius 3 is 2.00 bits per heavy atom. The van der Waals surface area contributed by atoms with E-state index in [0.717, 1.165) is 0 Å². The standard InChI is InChI=1S/C10H23NO3/c1-5-13-10(14-6-2)8-11(4)7-9(3)12/h9-10,12H,5-8H2,1-4H3. The predicted octanol–water partition coefficient (Wildman–Crippen LogP) is 0.698. The number of hydrogen-bond acceptors (Lipinski definition) is 4. The quantitative estimate of drug-likeness (QED) is 0.592. The molecule has 4 nitrogen and oxygen atoms in total. The van der Waals surface area contributed by atoms with E-state index in [1.54, 1.807) is 6.92 Å². The Morgan fingerprint density at radius 1 is 1.14 bits per heavy atom. The molecule has 0 aliphatic heterocycles. The maximum atomic E-state index is 9.17. The lowest BCUT2D eigenvalue weighted by atomic mass is 10.3. The fraction of sp³-hybridized carbons (Fsp3) is 1.00. The minimum Gasteiger partial charge on any atom is -0.392 e. The van der Waals surface area contributed by atoms with Crippen molar-refractivity contribution in [1.29, 1.82) is 0 Å². The van der Waals surface area contributed by atoms with E-state index >= 15 is 0 Å². The summed E-state index contributed by atoms with van der Waals surface area (Å²) in [7, 11) is 1.94. The predicted molar refractivity (Wildman–Crippen MR) is 56.2 cm³/mol. The van der Waals surface area contributed by atoms with Gasteiger partial charge in [0.25, 0.3) is 0 Å². The normalized spacial score (nSPS) is 13.9. The number of aliphatic hydroxyl groups is 1. The molecule has 86 valence electrons. The zero-order chi connectivity index (χ0) is 11.0. The van der Waals surface area contributed by atoms with Crippen LogP contribution in [-0.4, -0.2) is 55.8 Å². The van der Waals surface area contributed by atoms with Crippen molar-refractivity contribution in [3.8, 4) is 0 Å². The van der Waals surface area contributed by atoms with Crippen LogP contribution in [0.25, 0.3) is 0 Å². The highest BCUT2D eigenvalue weighted by atomic mass is 16.7. The summed E-state index contributed by atoms with van der Waals surface area (Å²) in [4.78, 5) is 2.00. The van der Waals surface area contributed by atoms with Crippen LogP contribution < -0.4 is 0 Å². The van der Waals surface area contributed by atoms with E-state index in [-0.39, 0.29) is 12.4 Å². The molecule has 0 aromatic heterocycles. The Hall–Kier alpha value is -0.160. The highest BCUT2D eigenvalue weighted by molar-refractivity contribution is 4.58. The van der Waals surface area contributed by atoms with Gasteiger partial charge >= 0.3 is 0 Å². The molecule has 1 N–H and O–H groups in total. The molecule has 4 heteroatoms. The van der Waals surface area contributed by atoms with Gasteiger partial charge in [-0.05, 0) is 27.8 Å². The first-order chi connectivity index (χ1) is 6.60. The van der Waals surface area contributed by atoms with E-state index in [1.165, 1.54) is 0 Å². The first kappa shape index (κ1) is 13.8. The van der Waals surface area contributed by atoms with Crippen molar-refractivity contribution in [3.05, 3.63) is 0 Å². The Morgan fingerprint density at radius 2 is 1.64 bits per heavy atom. The molecule has 0 radical (unpaired) electrons. The second kappa shape index (κ2) is 8.17. The van der Waals surface area contributed by atoms with Gasteiger partial charge in [-0.25, -0.2) is 0 Å². The summed E-state index contributed by atoms with van der Waals surface area (Å²) in [5.74, 6) is 0. The third-order valence-electron chi connectivity index (χ3n) is 1.74. The van der Waals surface area contributed by atoms with Crippen molar-refractivity contribution in [1.82, 2.24) is 4.90 Å². The minimum absolute atomic E-state index is 0.186. The first-order valence-corrected chi connectivity index (χ1v) is 5.19. The molecule has 0 amide bonds. The molecule has 0 saturated heterocycles. The number of rotatable bonds is 8. The molecular weight excluding hydrogens is 182 g/mol. The van der Waals surface area contributed by atoms with Gasteiger partial charge in [0.1, 0.15) is 0 Å². The molecule has 0 fully saturated rings. The molecule has 0 heterocycles. The van der Waals surface area contributed by atoms with Crippen LogP contribution in [0.3, 0.4) is 0 Å². The summed E-state index contributed by atoms with van der Waals surface area (Å²) in [6, 6.07) is 0. The summed E-state index contributed by atoms with van der Waals surface area (Å²) >= 11 is 0. The van der Waals surface area contributed by atoms with Gasteiger partial charge in [0.2, 0.25) is 0 Å². The highest BCUT2D eigenvalue weighted by Crippen LogP contribution is 1.99. The van der Waals surface area contributed by atoms with E-state index in [9.17, 15) is 5.11 Å². The van der Waals surface area contributed by atoms with Crippen LogP contribution in [0.5, 0.6) is 0 Å². The Kier molecular flexibility index (Phi) is 8.08. The Balaban J connectivity index is 3.76. The zero-order valence-electron chi connectivity index (χ0n) is 9.69. The number of hydrogen-bond donors (Lipinski definition) is 1. The average Bonchev–Trinajstić information content (AvgIpc) is 2.03. The Bertz CT molecular complexity index is 125. The molecule has 14 heavy (non-hydrogen) atoms. The van der Waals surface area contributed by atoms with Crippen molar-refractivity contribution < 1.29 is 14.6 Å². The lowest BCUT2D eigenvalue weighted by molar-refractivity contribution is -0.146. The monoisotopic (exact) mass is 205 g/mol. The molecule has 0 rings (SSSR count). The Labute approximate surface area is 86.8 Å². The largest absolute Gasteiger partial charge is 0.392 e. The van der Waals surface area contributed by atoms with Crippen LogP contribution in [0.4, 0.5) is 0 Å². The molecule has 1 atom stereocenters. The second-order valence-electron chi connectivity index (χ2n) is 3.41. The molecular formula is C10H23NO3. The van der Waals surface area contributed by atoms with Crippen molar-refractivity contribution in [2.24, 2.45) is 0 Å². The molecule has 0 aromatic rings. The van der Waals surface area contributed by atoms with E-state index in [4.69, 9.17) is 9.47 Å². The molecule has 0 spiro atoms. The van der Waals surface area contributed by atoms with Crippen LogP contribution in [0, 0.1) is 0 Å². The van der Waals surface area contributed by atoms with Crippen molar-refractivity contribution in [2.75, 3.05) is 33.4 Å². The van der Waals surface area contributed by atoms with Crippen molar-refractivity contribution >= 4 is 0 Å². The lowest BCUT2D eigenvalue weighted by Gasteiger charge is -2.24. The number of ether oxygens (including phenoxy) is 2. The van der Waals surface area contributed by atoms with Gasteiger partial charge < -0.3 is 14.6 Å². The fourth-order valence-electron chi connectivity index (χ4n) is 1.31. The van der Waals surface area contributed by atoms with E-state index in [1.807, 2.05) is 25.8 Å². The minimum atomic E-state index is -0.316. The van der Waals surface area contributed by atoms with Crippen LogP contribution >= 0.6 is 0 Å². The van der Waals surface area contributed by atoms with Gasteiger partial charge in [-0.2, -0.15) is 0 Å². The van der Waals surface area contributed by atoms with Gasteiger partial charge in [-0.3, -0.25) is 4.90 Å². The third kappa shape index (κ3) is 7.26. The summed E-state index contributed by atoms with van der Waals surface area (Å²) in [6.07, 6.45) is -0.502. The van der Waals surface area contributed by atoms with Gasteiger partial charge in [0.05, 0.1) is 6.10 Å². The maximum Gasteiger partial charge on any atom is 0.170 e. The number of aliphatic hydroxyl groups excluding tert-OH is 1. The van der Waals surface area contributed by atoms with Crippen LogP contribution in [0.1, 0.15) is 20.8 Å². The van der Waals surface area contributed by atoms with Crippen LogP contribution in [0.15, 0.2) is 0 Å². The summed E-state index contributed by atoms with van der Waals surface area (Å²) < 4.78 is 10.8. The van der Waals surface area contributed by atoms with Crippen molar-refractivity contribution in [2.45, 2.75) is 33.2 Å². The first-order valence-electron chi connectivity index (χ1n) is 5.19. The lowest BCUT2D eigenvalue weighted by Crippen LogP contribution is -2.36. The fourth-order valence-corrected chi connectivity index (χ4v) is 1.31. The van der Waals surface area contributed by atoms with Gasteiger partial charge in [-0.1, -0.05) is 0 Å². The number of likely N-dealkylation sites (N-methyl/N-ethyl adjacent to an activating group) is 1. The topological polar surface area (TPSA) is 41.9 Å². The summed E-state index contributed by atoms with van der Waals surface area (Å²) in [5.41, 5.74) is 0. The molecule has 0 aliphatic carbocycles. The maximum absolute atomic E-state index is 9.17. The molecule has 0 bridgehead atoms. The molecule has 0 aromatic carbocycles. The SMILES string of the molecule is CCOC(CN(C)CC(C)O)OCC. The van der Waals surface area contributed by atoms with E-state index < -0.39 is 0 Å². The van der Waals surface area contributed by atoms with Gasteiger partial charge in [0, 0.05) is 26.3 Å². The smallest absolute Gasteiger partial charge is 0.170 e. The van der Waals surface area contributed by atoms with Crippen molar-refractivity contribution in [3.63, 3.8) is 0 Å². The molecule has 0 aliphatic rings. The van der Waals surface area contributed by atoms with Gasteiger partial charge in [-0.15, -0.1) is 0 Å². The average molecular weight is 205 g/mol. The van der Waals surface area contributed by atoms with E-state index in [0.29, 0.717) is 26.3 Å². The van der Waals surface area contributed by atoms with Crippen LogP contribution in [0.2, 0.25) is 0 Å². The summed E-state index contributed by atoms with van der Waals surface area (Å²) in [5, 5.41) is 9.17. The second-order valence-corrected chi connectivity index (χ2v) is 3.41. The third-order valence-corrected chi connectivity index (χ3v) is 1.74. The number of nitrogens with zero attached hydrogens (tertiary/aromatic N) is 1. The zero-order valence-corrected chi connectivity index (χ0v) is 9.69. The van der Waals surface area contributed by atoms with Crippen LogP contribution in [-0.2, 0) is 9.47 Å². The van der Waals surface area contributed by atoms with E-state index in [2.05, 4.69) is 0 Å². The van der Waals surface area contributed by atoms with Gasteiger partial charge in [0.15, 0.2) is 6.29 Å². The summed E-state index contributed by atoms with van der Waals surface area (Å²) in [6.45, 7) is 8.28.